The standard InChI is InChI=1S/C20H26N2O/c1-16-8-9-17(2)19(14-16)22-12-10-21(11-13-22)15-20(23)18-6-4-3-5-7-18/h3-9,14,20,23H,10-13,15H2,1-2H3/t20-/m1/s1. The summed E-state index contributed by atoms with van der Waals surface area (Å²) in [6.07, 6.45) is -0.400. The van der Waals surface area contributed by atoms with E-state index in [1.54, 1.807) is 0 Å². The minimum Gasteiger partial charge on any atom is -0.387 e. The summed E-state index contributed by atoms with van der Waals surface area (Å²) in [5, 5.41) is 10.4. The fourth-order valence-electron chi connectivity index (χ4n) is 3.26. The number of β-amino-alcohol motifs (C(OH)–C–C–N with tert-alkyl or cyclic N) is 1. The number of aliphatic hydroxyl groups is 1. The van der Waals surface area contributed by atoms with Crippen LogP contribution in [0.15, 0.2) is 48.5 Å². The molecule has 0 aliphatic carbocycles. The molecule has 1 atom stereocenters. The van der Waals surface area contributed by atoms with Crippen molar-refractivity contribution in [1.82, 2.24) is 4.90 Å². The molecule has 0 spiro atoms. The number of benzene rings is 2. The van der Waals surface area contributed by atoms with E-state index in [0.717, 1.165) is 31.7 Å². The zero-order valence-electron chi connectivity index (χ0n) is 14.1. The van der Waals surface area contributed by atoms with Crippen LogP contribution in [0.3, 0.4) is 0 Å². The van der Waals surface area contributed by atoms with Crippen LogP contribution in [0.25, 0.3) is 0 Å². The minimum atomic E-state index is -0.400. The Morgan fingerprint density at radius 2 is 1.65 bits per heavy atom. The van der Waals surface area contributed by atoms with E-state index < -0.39 is 6.10 Å². The third-order valence-corrected chi connectivity index (χ3v) is 4.69. The van der Waals surface area contributed by atoms with E-state index >= 15 is 0 Å². The Hall–Kier alpha value is -1.84. The van der Waals surface area contributed by atoms with Crippen molar-refractivity contribution < 1.29 is 5.11 Å². The number of piperazine rings is 1. The highest BCUT2D eigenvalue weighted by atomic mass is 16.3. The van der Waals surface area contributed by atoms with Gasteiger partial charge in [0.1, 0.15) is 0 Å². The summed E-state index contributed by atoms with van der Waals surface area (Å²) in [6, 6.07) is 16.6. The van der Waals surface area contributed by atoms with Gasteiger partial charge < -0.3 is 10.0 Å². The van der Waals surface area contributed by atoms with Crippen LogP contribution in [-0.2, 0) is 0 Å². The van der Waals surface area contributed by atoms with E-state index in [1.807, 2.05) is 30.3 Å². The van der Waals surface area contributed by atoms with Gasteiger partial charge in [0.15, 0.2) is 0 Å². The highest BCUT2D eigenvalue weighted by Crippen LogP contribution is 2.23. The van der Waals surface area contributed by atoms with Gasteiger partial charge in [-0.2, -0.15) is 0 Å². The van der Waals surface area contributed by atoms with Gasteiger partial charge in [-0.25, -0.2) is 0 Å². The molecule has 1 aliphatic heterocycles. The van der Waals surface area contributed by atoms with Gasteiger partial charge in [-0.05, 0) is 36.6 Å². The second-order valence-corrected chi connectivity index (χ2v) is 6.50. The predicted octanol–water partition coefficient (Wildman–Crippen LogP) is 3.16. The monoisotopic (exact) mass is 310 g/mol. The topological polar surface area (TPSA) is 26.7 Å². The van der Waals surface area contributed by atoms with Gasteiger partial charge in [0.05, 0.1) is 6.10 Å². The fraction of sp³-hybridized carbons (Fsp3) is 0.400. The lowest BCUT2D eigenvalue weighted by Crippen LogP contribution is -2.47. The molecule has 0 amide bonds. The average Bonchev–Trinajstić information content (AvgIpc) is 2.58. The SMILES string of the molecule is Cc1ccc(C)c(N2CCN(C[C@@H](O)c3ccccc3)CC2)c1. The number of aryl methyl sites for hydroxylation is 2. The molecular weight excluding hydrogens is 284 g/mol. The summed E-state index contributed by atoms with van der Waals surface area (Å²) < 4.78 is 0. The molecule has 23 heavy (non-hydrogen) atoms. The van der Waals surface area contributed by atoms with Crippen LogP contribution in [0.1, 0.15) is 22.8 Å². The molecule has 1 fully saturated rings. The molecule has 2 aromatic carbocycles. The summed E-state index contributed by atoms with van der Waals surface area (Å²) in [6.45, 7) is 9.08. The van der Waals surface area contributed by atoms with Crippen molar-refractivity contribution in [1.29, 1.82) is 0 Å². The number of hydrogen-bond donors (Lipinski definition) is 1. The molecule has 1 aliphatic rings. The van der Waals surface area contributed by atoms with E-state index in [4.69, 9.17) is 0 Å². The maximum Gasteiger partial charge on any atom is 0.0916 e. The molecule has 3 heteroatoms. The predicted molar refractivity (Wildman–Crippen MR) is 96.0 cm³/mol. The molecule has 0 saturated carbocycles. The van der Waals surface area contributed by atoms with Crippen LogP contribution >= 0.6 is 0 Å². The lowest BCUT2D eigenvalue weighted by molar-refractivity contribution is 0.109. The van der Waals surface area contributed by atoms with Gasteiger partial charge in [-0.15, -0.1) is 0 Å². The molecule has 1 heterocycles. The van der Waals surface area contributed by atoms with Gasteiger partial charge in [0.25, 0.3) is 0 Å². The molecule has 3 rings (SSSR count). The van der Waals surface area contributed by atoms with Gasteiger partial charge >= 0.3 is 0 Å². The molecule has 0 unspecified atom stereocenters. The Morgan fingerprint density at radius 1 is 0.957 bits per heavy atom. The smallest absolute Gasteiger partial charge is 0.0916 e. The molecule has 1 N–H and O–H groups in total. The summed E-state index contributed by atoms with van der Waals surface area (Å²) >= 11 is 0. The van der Waals surface area contributed by atoms with Crippen molar-refractivity contribution in [3.63, 3.8) is 0 Å². The molecule has 0 bridgehead atoms. The van der Waals surface area contributed by atoms with Crippen LogP contribution in [0.5, 0.6) is 0 Å². The van der Waals surface area contributed by atoms with E-state index in [9.17, 15) is 5.11 Å². The number of aliphatic hydroxyl groups excluding tert-OH is 1. The molecule has 2 aromatic rings. The first-order valence-electron chi connectivity index (χ1n) is 8.41. The summed E-state index contributed by atoms with van der Waals surface area (Å²) in [4.78, 5) is 4.83. The molecular formula is C20H26N2O. The second-order valence-electron chi connectivity index (χ2n) is 6.50. The number of anilines is 1. The van der Waals surface area contributed by atoms with Crippen molar-refractivity contribution in [2.45, 2.75) is 20.0 Å². The Labute approximate surface area is 139 Å². The molecule has 3 nitrogen and oxygen atoms in total. The van der Waals surface area contributed by atoms with Crippen LogP contribution in [0.2, 0.25) is 0 Å². The van der Waals surface area contributed by atoms with E-state index in [2.05, 4.69) is 41.8 Å². The maximum absolute atomic E-state index is 10.4. The normalized spacial score (nSPS) is 17.3. The highest BCUT2D eigenvalue weighted by molar-refractivity contribution is 5.55. The van der Waals surface area contributed by atoms with Gasteiger partial charge in [-0.3, -0.25) is 4.90 Å². The number of rotatable bonds is 4. The first-order valence-corrected chi connectivity index (χ1v) is 8.41. The Balaban J connectivity index is 1.57. The van der Waals surface area contributed by atoms with Crippen molar-refractivity contribution in [3.05, 3.63) is 65.2 Å². The third kappa shape index (κ3) is 3.92. The Morgan fingerprint density at radius 3 is 2.35 bits per heavy atom. The van der Waals surface area contributed by atoms with Crippen LogP contribution < -0.4 is 4.90 Å². The van der Waals surface area contributed by atoms with Crippen molar-refractivity contribution in [3.8, 4) is 0 Å². The fourth-order valence-corrected chi connectivity index (χ4v) is 3.26. The summed E-state index contributed by atoms with van der Waals surface area (Å²) in [5.41, 5.74) is 5.01. The van der Waals surface area contributed by atoms with E-state index in [-0.39, 0.29) is 0 Å². The third-order valence-electron chi connectivity index (χ3n) is 4.69. The van der Waals surface area contributed by atoms with Crippen molar-refractivity contribution in [2.75, 3.05) is 37.6 Å². The maximum atomic E-state index is 10.4. The Kier molecular flexibility index (Phi) is 4.99. The molecule has 1 saturated heterocycles. The first kappa shape index (κ1) is 16.0. The van der Waals surface area contributed by atoms with Crippen LogP contribution in [0.4, 0.5) is 5.69 Å². The average molecular weight is 310 g/mol. The molecule has 122 valence electrons. The van der Waals surface area contributed by atoms with Crippen molar-refractivity contribution >= 4 is 5.69 Å². The zero-order chi connectivity index (χ0) is 16.2. The zero-order valence-corrected chi connectivity index (χ0v) is 14.1. The van der Waals surface area contributed by atoms with Gasteiger partial charge in [0.2, 0.25) is 0 Å². The molecule has 0 radical (unpaired) electrons. The van der Waals surface area contributed by atoms with Gasteiger partial charge in [0, 0.05) is 38.4 Å². The lowest BCUT2D eigenvalue weighted by atomic mass is 10.1. The minimum absolute atomic E-state index is 0.400. The quantitative estimate of drug-likeness (QED) is 0.940. The first-order chi connectivity index (χ1) is 11.1. The lowest BCUT2D eigenvalue weighted by Gasteiger charge is -2.37. The van der Waals surface area contributed by atoms with Crippen LogP contribution in [-0.4, -0.2) is 42.7 Å². The van der Waals surface area contributed by atoms with E-state index in [1.165, 1.54) is 16.8 Å². The van der Waals surface area contributed by atoms with Crippen LogP contribution in [0, 0.1) is 13.8 Å². The van der Waals surface area contributed by atoms with Gasteiger partial charge in [-0.1, -0.05) is 42.5 Å². The van der Waals surface area contributed by atoms with E-state index in [0.29, 0.717) is 6.54 Å². The second kappa shape index (κ2) is 7.16. The largest absolute Gasteiger partial charge is 0.387 e. The summed E-state index contributed by atoms with van der Waals surface area (Å²) in [7, 11) is 0. The highest BCUT2D eigenvalue weighted by Gasteiger charge is 2.20. The summed E-state index contributed by atoms with van der Waals surface area (Å²) in [5.74, 6) is 0. The Bertz CT molecular complexity index is 633. The number of hydrogen-bond acceptors (Lipinski definition) is 3. The van der Waals surface area contributed by atoms with Crippen molar-refractivity contribution in [2.24, 2.45) is 0 Å². The number of nitrogens with zero attached hydrogens (tertiary/aromatic N) is 2. The molecule has 0 aromatic heterocycles.